The fourth-order valence-electron chi connectivity index (χ4n) is 2.59. The maximum atomic E-state index is 13.0. The highest BCUT2D eigenvalue weighted by molar-refractivity contribution is 6.05. The van der Waals surface area contributed by atoms with Crippen LogP contribution in [0.15, 0.2) is 71.5 Å². The Morgan fingerprint density at radius 2 is 1.88 bits per heavy atom. The third-order valence-corrected chi connectivity index (χ3v) is 3.92. The molecule has 1 atom stereocenters. The molecule has 3 rings (SSSR count). The molecule has 0 N–H and O–H groups in total. The van der Waals surface area contributed by atoms with Crippen molar-refractivity contribution in [3.05, 3.63) is 84.1 Å². The fourth-order valence-corrected chi connectivity index (χ4v) is 2.59. The smallest absolute Gasteiger partial charge is 0.199 e. The van der Waals surface area contributed by atoms with Crippen LogP contribution in [0.4, 0.5) is 0 Å². The number of furan rings is 1. The standard InChI is InChI=1S/C20H17NO4/c1-24-15-9-7-14(8-10-15)20(23)16(17-5-2-3-11-21-17)13-18(22)19-6-4-12-25-19/h2-12,16H,13H2,1H3. The molecule has 0 aliphatic rings. The number of carbonyl (C=O) groups is 2. The van der Waals surface area contributed by atoms with Crippen molar-refractivity contribution in [3.8, 4) is 5.75 Å². The quantitative estimate of drug-likeness (QED) is 0.612. The first-order chi connectivity index (χ1) is 12.2. The zero-order chi connectivity index (χ0) is 17.6. The number of ether oxygens (including phenoxy) is 1. The van der Waals surface area contributed by atoms with E-state index < -0.39 is 5.92 Å². The molecule has 1 unspecified atom stereocenters. The highest BCUT2D eigenvalue weighted by Gasteiger charge is 2.27. The van der Waals surface area contributed by atoms with Crippen LogP contribution in [0.25, 0.3) is 0 Å². The molecule has 2 heterocycles. The summed E-state index contributed by atoms with van der Waals surface area (Å²) < 4.78 is 10.3. The lowest BCUT2D eigenvalue weighted by atomic mass is 9.89. The van der Waals surface area contributed by atoms with E-state index in [1.54, 1.807) is 67.9 Å². The van der Waals surface area contributed by atoms with Gasteiger partial charge in [0.25, 0.3) is 0 Å². The number of ketones is 2. The van der Waals surface area contributed by atoms with E-state index in [1.807, 2.05) is 0 Å². The fraction of sp³-hybridized carbons (Fsp3) is 0.150. The number of nitrogens with zero attached hydrogens (tertiary/aromatic N) is 1. The molecular weight excluding hydrogens is 318 g/mol. The SMILES string of the molecule is COc1ccc(C(=O)C(CC(=O)c2ccco2)c2ccccn2)cc1. The molecule has 0 spiro atoms. The maximum Gasteiger partial charge on any atom is 0.199 e. The van der Waals surface area contributed by atoms with E-state index in [0.29, 0.717) is 17.0 Å². The first-order valence-corrected chi connectivity index (χ1v) is 7.85. The van der Waals surface area contributed by atoms with Crippen molar-refractivity contribution in [2.24, 2.45) is 0 Å². The highest BCUT2D eigenvalue weighted by atomic mass is 16.5. The van der Waals surface area contributed by atoms with Crippen molar-refractivity contribution >= 4 is 11.6 Å². The van der Waals surface area contributed by atoms with Crippen molar-refractivity contribution in [3.63, 3.8) is 0 Å². The van der Waals surface area contributed by atoms with Crippen molar-refractivity contribution in [2.75, 3.05) is 7.11 Å². The van der Waals surface area contributed by atoms with Gasteiger partial charge in [0.1, 0.15) is 5.75 Å². The van der Waals surface area contributed by atoms with Gasteiger partial charge in [-0.25, -0.2) is 0 Å². The summed E-state index contributed by atoms with van der Waals surface area (Å²) in [5.41, 5.74) is 1.06. The summed E-state index contributed by atoms with van der Waals surface area (Å²) >= 11 is 0. The number of pyridine rings is 1. The maximum absolute atomic E-state index is 13.0. The van der Waals surface area contributed by atoms with Gasteiger partial charge < -0.3 is 9.15 Å². The van der Waals surface area contributed by atoms with Crippen LogP contribution in [-0.2, 0) is 0 Å². The second-order valence-electron chi connectivity index (χ2n) is 5.50. The second kappa shape index (κ2) is 7.57. The number of Topliss-reactive ketones (excluding diaryl/α,β-unsaturated/α-hetero) is 2. The average Bonchev–Trinajstić information content (AvgIpc) is 3.21. The van der Waals surface area contributed by atoms with E-state index in [0.717, 1.165) is 0 Å². The summed E-state index contributed by atoms with van der Waals surface area (Å²) in [7, 11) is 1.57. The van der Waals surface area contributed by atoms with E-state index in [-0.39, 0.29) is 23.7 Å². The van der Waals surface area contributed by atoms with Crippen molar-refractivity contribution in [1.29, 1.82) is 0 Å². The average molecular weight is 335 g/mol. The molecule has 0 bridgehead atoms. The molecule has 3 aromatic rings. The van der Waals surface area contributed by atoms with Crippen LogP contribution in [0.1, 0.15) is 38.9 Å². The number of methoxy groups -OCH3 is 1. The van der Waals surface area contributed by atoms with E-state index >= 15 is 0 Å². The molecule has 5 nitrogen and oxygen atoms in total. The summed E-state index contributed by atoms with van der Waals surface area (Å²) in [6.45, 7) is 0. The molecule has 1 aromatic carbocycles. The topological polar surface area (TPSA) is 69.4 Å². The minimum atomic E-state index is -0.674. The first kappa shape index (κ1) is 16.6. The van der Waals surface area contributed by atoms with Crippen molar-refractivity contribution < 1.29 is 18.7 Å². The minimum absolute atomic E-state index is 0.00457. The predicted octanol–water partition coefficient (Wildman–Crippen LogP) is 3.92. The van der Waals surface area contributed by atoms with Crippen LogP contribution in [0, 0.1) is 0 Å². The Bertz CT molecular complexity index is 839. The van der Waals surface area contributed by atoms with E-state index in [1.165, 1.54) is 6.26 Å². The Morgan fingerprint density at radius 3 is 2.48 bits per heavy atom. The zero-order valence-corrected chi connectivity index (χ0v) is 13.7. The van der Waals surface area contributed by atoms with Gasteiger partial charge in [-0.3, -0.25) is 14.6 Å². The third-order valence-electron chi connectivity index (χ3n) is 3.92. The third kappa shape index (κ3) is 3.83. The molecule has 0 amide bonds. The van der Waals surface area contributed by atoms with Gasteiger partial charge in [-0.05, 0) is 48.5 Å². The molecule has 25 heavy (non-hydrogen) atoms. The van der Waals surface area contributed by atoms with E-state index in [9.17, 15) is 9.59 Å². The van der Waals surface area contributed by atoms with Gasteiger partial charge in [0, 0.05) is 18.2 Å². The van der Waals surface area contributed by atoms with Crippen molar-refractivity contribution in [2.45, 2.75) is 12.3 Å². The summed E-state index contributed by atoms with van der Waals surface area (Å²) in [5, 5.41) is 0. The molecule has 0 fully saturated rings. The van der Waals surface area contributed by atoms with Crippen molar-refractivity contribution in [1.82, 2.24) is 4.98 Å². The van der Waals surface area contributed by atoms with Gasteiger partial charge in [-0.15, -0.1) is 0 Å². The molecular formula is C20H17NO4. The molecule has 2 aromatic heterocycles. The summed E-state index contributed by atoms with van der Waals surface area (Å²) in [6.07, 6.45) is 3.05. The monoisotopic (exact) mass is 335 g/mol. The number of carbonyl (C=O) groups excluding carboxylic acids is 2. The molecule has 5 heteroatoms. The Kier molecular flexibility index (Phi) is 5.04. The van der Waals surface area contributed by atoms with Crippen LogP contribution in [0.2, 0.25) is 0 Å². The molecule has 126 valence electrons. The number of rotatable bonds is 7. The summed E-state index contributed by atoms with van der Waals surface area (Å²) in [6, 6.07) is 15.4. The Balaban J connectivity index is 1.90. The van der Waals surface area contributed by atoms with E-state index in [2.05, 4.69) is 4.98 Å². The lowest BCUT2D eigenvalue weighted by molar-refractivity contribution is 0.0878. The summed E-state index contributed by atoms with van der Waals surface area (Å²) in [5.74, 6) is -0.169. The van der Waals surface area contributed by atoms with Gasteiger partial charge in [0.15, 0.2) is 17.3 Å². The van der Waals surface area contributed by atoms with Crippen LogP contribution in [0.3, 0.4) is 0 Å². The van der Waals surface area contributed by atoms with Gasteiger partial charge in [-0.1, -0.05) is 6.07 Å². The zero-order valence-electron chi connectivity index (χ0n) is 13.7. The molecule has 0 aliphatic carbocycles. The van der Waals surface area contributed by atoms with E-state index in [4.69, 9.17) is 9.15 Å². The predicted molar refractivity (Wildman–Crippen MR) is 92.0 cm³/mol. The Morgan fingerprint density at radius 1 is 1.08 bits per heavy atom. The number of hydrogen-bond donors (Lipinski definition) is 0. The first-order valence-electron chi connectivity index (χ1n) is 7.85. The number of hydrogen-bond acceptors (Lipinski definition) is 5. The van der Waals surface area contributed by atoms with Gasteiger partial charge in [0.2, 0.25) is 0 Å². The lowest BCUT2D eigenvalue weighted by Gasteiger charge is -2.14. The molecule has 0 aliphatic heterocycles. The lowest BCUT2D eigenvalue weighted by Crippen LogP contribution is -2.18. The molecule has 0 radical (unpaired) electrons. The van der Waals surface area contributed by atoms with Gasteiger partial charge >= 0.3 is 0 Å². The Hall–Kier alpha value is -3.21. The second-order valence-corrected chi connectivity index (χ2v) is 5.50. The number of benzene rings is 1. The van der Waals surface area contributed by atoms with Gasteiger partial charge in [-0.2, -0.15) is 0 Å². The van der Waals surface area contributed by atoms with Gasteiger partial charge in [0.05, 0.1) is 25.0 Å². The Labute approximate surface area is 145 Å². The molecule has 0 saturated heterocycles. The largest absolute Gasteiger partial charge is 0.497 e. The minimum Gasteiger partial charge on any atom is -0.497 e. The number of aromatic nitrogens is 1. The van der Waals surface area contributed by atoms with Crippen LogP contribution >= 0.6 is 0 Å². The highest BCUT2D eigenvalue weighted by Crippen LogP contribution is 2.26. The normalized spacial score (nSPS) is 11.7. The van der Waals surface area contributed by atoms with Crippen LogP contribution < -0.4 is 4.74 Å². The van der Waals surface area contributed by atoms with Crippen LogP contribution in [0.5, 0.6) is 5.75 Å². The summed E-state index contributed by atoms with van der Waals surface area (Å²) in [4.78, 5) is 29.7. The van der Waals surface area contributed by atoms with Crippen LogP contribution in [-0.4, -0.2) is 23.7 Å². The molecule has 0 saturated carbocycles.